The van der Waals surface area contributed by atoms with Crippen LogP contribution in [0.4, 0.5) is 10.2 Å². The zero-order valence-corrected chi connectivity index (χ0v) is 16.5. The fourth-order valence-corrected chi connectivity index (χ4v) is 3.09. The Morgan fingerprint density at radius 1 is 1.21 bits per heavy atom. The number of aromatic nitrogens is 2. The molecule has 0 aliphatic carbocycles. The van der Waals surface area contributed by atoms with E-state index in [0.717, 1.165) is 11.1 Å². The molecule has 0 saturated carbocycles. The minimum atomic E-state index is -0.275. The van der Waals surface area contributed by atoms with Crippen molar-refractivity contribution in [2.75, 3.05) is 18.9 Å². The predicted molar refractivity (Wildman–Crippen MR) is 109 cm³/mol. The number of rotatable bonds is 7. The Balaban J connectivity index is 1.61. The van der Waals surface area contributed by atoms with Gasteiger partial charge in [-0.2, -0.15) is 5.10 Å². The number of carbonyl (C=O) groups excluding carboxylic acids is 1. The number of carbonyl (C=O) groups is 1. The van der Waals surface area contributed by atoms with Gasteiger partial charge in [0.2, 0.25) is 5.91 Å². The van der Waals surface area contributed by atoms with Crippen molar-refractivity contribution in [1.82, 2.24) is 14.7 Å². The average Bonchev–Trinajstić information content (AvgIpc) is 3.10. The van der Waals surface area contributed by atoms with Crippen LogP contribution in [0, 0.1) is 5.82 Å². The van der Waals surface area contributed by atoms with Gasteiger partial charge in [0.1, 0.15) is 11.6 Å². The highest BCUT2D eigenvalue weighted by Gasteiger charge is 2.16. The molecule has 1 unspecified atom stereocenters. The summed E-state index contributed by atoms with van der Waals surface area (Å²) >= 11 is 6.21. The molecule has 0 bridgehead atoms. The van der Waals surface area contributed by atoms with Crippen molar-refractivity contribution in [3.63, 3.8) is 0 Å². The summed E-state index contributed by atoms with van der Waals surface area (Å²) in [7, 11) is 1.86. The molecule has 28 heavy (non-hydrogen) atoms. The van der Waals surface area contributed by atoms with E-state index in [4.69, 9.17) is 11.6 Å². The highest BCUT2D eigenvalue weighted by atomic mass is 35.5. The third-order valence-electron chi connectivity index (χ3n) is 4.67. The minimum absolute atomic E-state index is 0.0283. The fraction of sp³-hybridized carbons (Fsp3) is 0.238. The monoisotopic (exact) mass is 400 g/mol. The Labute approximate surface area is 168 Å². The molecular weight excluding hydrogens is 379 g/mol. The molecule has 0 radical (unpaired) electrons. The Morgan fingerprint density at radius 3 is 2.64 bits per heavy atom. The van der Waals surface area contributed by atoms with E-state index in [1.807, 2.05) is 43.1 Å². The van der Waals surface area contributed by atoms with Crippen molar-refractivity contribution in [1.29, 1.82) is 0 Å². The number of amides is 1. The van der Waals surface area contributed by atoms with Crippen LogP contribution in [0.3, 0.4) is 0 Å². The lowest BCUT2D eigenvalue weighted by Crippen LogP contribution is -2.32. The SMILES string of the molecule is CC(c1ccc(F)cc1)N(C)CC(=O)Nc1ccnn1Cc1ccccc1Cl. The van der Waals surface area contributed by atoms with Crippen LogP contribution in [-0.2, 0) is 11.3 Å². The quantitative estimate of drug-likeness (QED) is 0.641. The van der Waals surface area contributed by atoms with E-state index in [-0.39, 0.29) is 24.3 Å². The third kappa shape index (κ3) is 4.97. The molecule has 0 aliphatic rings. The van der Waals surface area contributed by atoms with Crippen LogP contribution >= 0.6 is 11.6 Å². The molecule has 5 nitrogen and oxygen atoms in total. The van der Waals surface area contributed by atoms with Crippen molar-refractivity contribution < 1.29 is 9.18 Å². The molecule has 0 spiro atoms. The van der Waals surface area contributed by atoms with Crippen LogP contribution in [0.25, 0.3) is 0 Å². The van der Waals surface area contributed by atoms with Crippen molar-refractivity contribution in [2.24, 2.45) is 0 Å². The maximum atomic E-state index is 13.1. The first-order valence-corrected chi connectivity index (χ1v) is 9.32. The lowest BCUT2D eigenvalue weighted by Gasteiger charge is -2.24. The van der Waals surface area contributed by atoms with Gasteiger partial charge >= 0.3 is 0 Å². The van der Waals surface area contributed by atoms with Crippen molar-refractivity contribution in [3.05, 3.63) is 82.8 Å². The molecule has 2 aromatic carbocycles. The van der Waals surface area contributed by atoms with Gasteiger partial charge in [-0.05, 0) is 43.3 Å². The predicted octanol–water partition coefficient (Wildman–Crippen LogP) is 4.36. The number of nitrogens with zero attached hydrogens (tertiary/aromatic N) is 3. The molecule has 3 aromatic rings. The van der Waals surface area contributed by atoms with E-state index >= 15 is 0 Å². The third-order valence-corrected chi connectivity index (χ3v) is 5.04. The number of anilines is 1. The van der Waals surface area contributed by atoms with Crippen LogP contribution in [0.2, 0.25) is 5.02 Å². The van der Waals surface area contributed by atoms with Crippen LogP contribution in [-0.4, -0.2) is 34.2 Å². The highest BCUT2D eigenvalue weighted by Crippen LogP contribution is 2.20. The summed E-state index contributed by atoms with van der Waals surface area (Å²) in [6, 6.07) is 15.6. The maximum absolute atomic E-state index is 13.1. The van der Waals surface area contributed by atoms with Gasteiger partial charge in [0.05, 0.1) is 19.3 Å². The van der Waals surface area contributed by atoms with Crippen LogP contribution in [0.1, 0.15) is 24.1 Å². The number of likely N-dealkylation sites (N-methyl/N-ethyl adjacent to an activating group) is 1. The van der Waals surface area contributed by atoms with Gasteiger partial charge in [0.25, 0.3) is 0 Å². The molecule has 3 rings (SSSR count). The second kappa shape index (κ2) is 8.99. The van der Waals surface area contributed by atoms with Gasteiger partial charge < -0.3 is 5.32 Å². The molecule has 7 heteroatoms. The molecule has 0 fully saturated rings. The fourth-order valence-electron chi connectivity index (χ4n) is 2.89. The number of nitrogens with one attached hydrogen (secondary N) is 1. The lowest BCUT2D eigenvalue weighted by atomic mass is 10.1. The zero-order chi connectivity index (χ0) is 20.1. The lowest BCUT2D eigenvalue weighted by molar-refractivity contribution is -0.117. The number of halogens is 2. The summed E-state index contributed by atoms with van der Waals surface area (Å²) in [4.78, 5) is 14.4. The van der Waals surface area contributed by atoms with E-state index < -0.39 is 0 Å². The molecule has 146 valence electrons. The molecular formula is C21H22ClFN4O. The molecule has 0 saturated heterocycles. The Bertz CT molecular complexity index is 942. The van der Waals surface area contributed by atoms with Crippen molar-refractivity contribution in [2.45, 2.75) is 19.5 Å². The molecule has 1 amide bonds. The van der Waals surface area contributed by atoms with E-state index in [2.05, 4.69) is 10.4 Å². The minimum Gasteiger partial charge on any atom is -0.310 e. The topological polar surface area (TPSA) is 50.2 Å². The van der Waals surface area contributed by atoms with E-state index in [0.29, 0.717) is 17.4 Å². The van der Waals surface area contributed by atoms with Gasteiger partial charge in [-0.25, -0.2) is 9.07 Å². The second-order valence-corrected chi connectivity index (χ2v) is 7.06. The number of benzene rings is 2. The van der Waals surface area contributed by atoms with E-state index in [9.17, 15) is 9.18 Å². The van der Waals surface area contributed by atoms with E-state index in [1.54, 1.807) is 29.1 Å². The number of hydrogen-bond acceptors (Lipinski definition) is 3. The molecule has 1 N–H and O–H groups in total. The summed E-state index contributed by atoms with van der Waals surface area (Å²) in [6.07, 6.45) is 1.64. The average molecular weight is 401 g/mol. The van der Waals surface area contributed by atoms with E-state index in [1.165, 1.54) is 12.1 Å². The number of hydrogen-bond donors (Lipinski definition) is 1. The smallest absolute Gasteiger partial charge is 0.239 e. The molecule has 1 aromatic heterocycles. The Hall–Kier alpha value is -2.70. The summed E-state index contributed by atoms with van der Waals surface area (Å²) < 4.78 is 14.8. The Morgan fingerprint density at radius 2 is 1.93 bits per heavy atom. The second-order valence-electron chi connectivity index (χ2n) is 6.66. The van der Waals surface area contributed by atoms with Crippen molar-refractivity contribution in [3.8, 4) is 0 Å². The summed E-state index contributed by atoms with van der Waals surface area (Å²) in [5.74, 6) is 0.174. The summed E-state index contributed by atoms with van der Waals surface area (Å²) in [5.41, 5.74) is 1.87. The highest BCUT2D eigenvalue weighted by molar-refractivity contribution is 6.31. The zero-order valence-electron chi connectivity index (χ0n) is 15.8. The van der Waals surface area contributed by atoms with Gasteiger partial charge in [0.15, 0.2) is 0 Å². The van der Waals surface area contributed by atoms with Crippen LogP contribution < -0.4 is 5.32 Å². The largest absolute Gasteiger partial charge is 0.310 e. The first kappa shape index (κ1) is 20.0. The normalized spacial score (nSPS) is 12.2. The van der Waals surface area contributed by atoms with Crippen molar-refractivity contribution >= 4 is 23.3 Å². The van der Waals surface area contributed by atoms with Gasteiger partial charge in [-0.15, -0.1) is 0 Å². The van der Waals surface area contributed by atoms with Gasteiger partial charge in [-0.1, -0.05) is 41.9 Å². The maximum Gasteiger partial charge on any atom is 0.239 e. The van der Waals surface area contributed by atoms with Crippen LogP contribution in [0.5, 0.6) is 0 Å². The standard InChI is InChI=1S/C21H22ClFN4O/c1-15(16-7-9-18(23)10-8-16)26(2)14-21(28)25-20-11-12-24-27(20)13-17-5-3-4-6-19(17)22/h3-12,15H,13-14H2,1-2H3,(H,25,28). The molecule has 1 heterocycles. The van der Waals surface area contributed by atoms with Crippen LogP contribution in [0.15, 0.2) is 60.8 Å². The summed E-state index contributed by atoms with van der Waals surface area (Å²) in [5, 5.41) is 7.82. The van der Waals surface area contributed by atoms with Gasteiger partial charge in [-0.3, -0.25) is 9.69 Å². The molecule has 1 atom stereocenters. The van der Waals surface area contributed by atoms with Gasteiger partial charge in [0, 0.05) is 17.1 Å². The first-order chi connectivity index (χ1) is 13.4. The Kier molecular flexibility index (Phi) is 6.44. The first-order valence-electron chi connectivity index (χ1n) is 8.95. The molecule has 0 aliphatic heterocycles. The summed E-state index contributed by atoms with van der Waals surface area (Å²) in [6.45, 7) is 2.63.